The topological polar surface area (TPSA) is 49.3 Å². The fourth-order valence-corrected chi connectivity index (χ4v) is 4.05. The van der Waals surface area contributed by atoms with Gasteiger partial charge in [0.05, 0.1) is 5.41 Å². The van der Waals surface area contributed by atoms with Crippen LogP contribution in [0.15, 0.2) is 24.3 Å². The molecule has 1 saturated heterocycles. The van der Waals surface area contributed by atoms with Crippen LogP contribution in [0.25, 0.3) is 0 Å². The monoisotopic (exact) mass is 406 g/mol. The number of hydrogen-bond donors (Lipinski definition) is 0. The molecule has 1 aliphatic rings. The Balaban J connectivity index is 1.63. The van der Waals surface area contributed by atoms with E-state index in [4.69, 9.17) is 16.6 Å². The van der Waals surface area contributed by atoms with E-state index in [1.807, 2.05) is 18.7 Å². The van der Waals surface area contributed by atoms with Crippen molar-refractivity contribution in [1.82, 2.24) is 14.3 Å². The Bertz CT molecular complexity index is 790. The van der Waals surface area contributed by atoms with E-state index in [9.17, 15) is 4.79 Å². The summed E-state index contributed by atoms with van der Waals surface area (Å²) in [7, 11) is 0. The molecule has 3 rings (SSSR count). The number of halogens is 1. The molecule has 0 radical (unpaired) electrons. The lowest BCUT2D eigenvalue weighted by Crippen LogP contribution is -2.57. The number of rotatable bonds is 5. The number of anilines is 1. The van der Waals surface area contributed by atoms with Gasteiger partial charge in [-0.25, -0.2) is 4.98 Å². The lowest BCUT2D eigenvalue weighted by Gasteiger charge is -2.42. The minimum atomic E-state index is -0.526. The molecular weight excluding hydrogens is 380 g/mol. The zero-order valence-corrected chi connectivity index (χ0v) is 18.0. The summed E-state index contributed by atoms with van der Waals surface area (Å²) in [4.78, 5) is 21.6. The van der Waals surface area contributed by atoms with Gasteiger partial charge in [-0.2, -0.15) is 4.37 Å². The van der Waals surface area contributed by atoms with Gasteiger partial charge in [-0.15, -0.1) is 11.6 Å². The molecule has 2 heterocycles. The Morgan fingerprint density at radius 3 is 2.63 bits per heavy atom. The second kappa shape index (κ2) is 8.15. The first-order valence-corrected chi connectivity index (χ1v) is 10.6. The highest BCUT2D eigenvalue weighted by atomic mass is 35.5. The van der Waals surface area contributed by atoms with E-state index in [2.05, 4.69) is 47.4 Å². The van der Waals surface area contributed by atoms with Crippen molar-refractivity contribution in [2.24, 2.45) is 5.41 Å². The maximum atomic E-state index is 12.7. The van der Waals surface area contributed by atoms with Gasteiger partial charge in [-0.3, -0.25) is 4.79 Å². The number of aromatic nitrogens is 2. The Morgan fingerprint density at radius 1 is 1.30 bits per heavy atom. The molecule has 1 amide bonds. The van der Waals surface area contributed by atoms with Gasteiger partial charge in [0, 0.05) is 49.5 Å². The minimum Gasteiger partial charge on any atom is -0.343 e. The SMILES string of the molecule is Cc1ccc(Cc2nsc(N3CCN(C(=O)C(C)(C)CCl)[C@H](C)C3)n2)cc1. The van der Waals surface area contributed by atoms with Crippen LogP contribution in [0.2, 0.25) is 0 Å². The number of nitrogens with zero attached hydrogens (tertiary/aromatic N) is 4. The predicted octanol–water partition coefficient (Wildman–Crippen LogP) is 3.74. The van der Waals surface area contributed by atoms with E-state index < -0.39 is 5.41 Å². The van der Waals surface area contributed by atoms with Crippen LogP contribution in [0.4, 0.5) is 5.13 Å². The fourth-order valence-electron chi connectivity index (χ4n) is 3.21. The second-order valence-electron chi connectivity index (χ2n) is 7.97. The van der Waals surface area contributed by atoms with E-state index >= 15 is 0 Å². The molecule has 146 valence electrons. The van der Waals surface area contributed by atoms with Crippen LogP contribution in [-0.4, -0.2) is 51.7 Å². The molecule has 0 saturated carbocycles. The number of carbonyl (C=O) groups excluding carboxylic acids is 1. The van der Waals surface area contributed by atoms with Crippen molar-refractivity contribution in [2.75, 3.05) is 30.4 Å². The van der Waals surface area contributed by atoms with Gasteiger partial charge in [0.25, 0.3) is 0 Å². The number of aryl methyl sites for hydroxylation is 1. The average molecular weight is 407 g/mol. The van der Waals surface area contributed by atoms with E-state index in [1.165, 1.54) is 22.7 Å². The number of benzene rings is 1. The molecule has 5 nitrogen and oxygen atoms in total. The van der Waals surface area contributed by atoms with Crippen molar-refractivity contribution in [3.05, 3.63) is 41.2 Å². The number of piperazine rings is 1. The molecule has 1 aliphatic heterocycles. The normalized spacial score (nSPS) is 18.0. The Hall–Kier alpha value is -1.66. The highest BCUT2D eigenvalue weighted by molar-refractivity contribution is 7.09. The zero-order chi connectivity index (χ0) is 19.6. The van der Waals surface area contributed by atoms with E-state index in [0.29, 0.717) is 12.4 Å². The van der Waals surface area contributed by atoms with Crippen LogP contribution in [0.3, 0.4) is 0 Å². The van der Waals surface area contributed by atoms with Gasteiger partial charge in [-0.05, 0) is 33.3 Å². The van der Waals surface area contributed by atoms with Crippen LogP contribution < -0.4 is 4.90 Å². The Morgan fingerprint density at radius 2 is 2.00 bits per heavy atom. The van der Waals surface area contributed by atoms with E-state index in [-0.39, 0.29) is 11.9 Å². The highest BCUT2D eigenvalue weighted by Crippen LogP contribution is 2.26. The summed E-state index contributed by atoms with van der Waals surface area (Å²) >= 11 is 7.42. The summed E-state index contributed by atoms with van der Waals surface area (Å²) in [6, 6.07) is 8.60. The summed E-state index contributed by atoms with van der Waals surface area (Å²) < 4.78 is 4.53. The lowest BCUT2D eigenvalue weighted by atomic mass is 9.93. The Labute approximate surface area is 170 Å². The second-order valence-corrected chi connectivity index (χ2v) is 8.96. The quantitative estimate of drug-likeness (QED) is 0.709. The molecule has 0 bridgehead atoms. The summed E-state index contributed by atoms with van der Waals surface area (Å²) in [6.07, 6.45) is 0.745. The molecule has 2 aromatic rings. The third-order valence-corrected chi connectivity index (χ3v) is 6.50. The van der Waals surface area contributed by atoms with Crippen LogP contribution in [0, 0.1) is 12.3 Å². The molecule has 1 fully saturated rings. The van der Waals surface area contributed by atoms with Gasteiger partial charge in [-0.1, -0.05) is 29.8 Å². The molecule has 0 N–H and O–H groups in total. The first-order chi connectivity index (χ1) is 12.8. The number of hydrogen-bond acceptors (Lipinski definition) is 5. The molecule has 7 heteroatoms. The van der Waals surface area contributed by atoms with Gasteiger partial charge < -0.3 is 9.80 Å². The highest BCUT2D eigenvalue weighted by Gasteiger charge is 2.36. The van der Waals surface area contributed by atoms with Gasteiger partial charge >= 0.3 is 0 Å². The third kappa shape index (κ3) is 4.61. The average Bonchev–Trinajstić information content (AvgIpc) is 3.11. The van der Waals surface area contributed by atoms with Crippen molar-refractivity contribution in [1.29, 1.82) is 0 Å². The van der Waals surface area contributed by atoms with Gasteiger partial charge in [0.2, 0.25) is 11.0 Å². The standard InChI is InChI=1S/C20H27ClN4OS/c1-14-5-7-16(8-6-14)11-17-22-19(27-23-17)24-9-10-25(15(2)12-24)18(26)20(3,4)13-21/h5-8,15H,9-13H2,1-4H3/t15-/m1/s1. The predicted molar refractivity (Wildman–Crippen MR) is 112 cm³/mol. The molecule has 0 unspecified atom stereocenters. The summed E-state index contributed by atoms with van der Waals surface area (Å²) in [5.41, 5.74) is 1.95. The van der Waals surface area contributed by atoms with Crippen LogP contribution in [-0.2, 0) is 11.2 Å². The van der Waals surface area contributed by atoms with E-state index in [1.54, 1.807) is 0 Å². The first kappa shape index (κ1) is 20.1. The van der Waals surface area contributed by atoms with Crippen LogP contribution in [0.5, 0.6) is 0 Å². The fraction of sp³-hybridized carbons (Fsp3) is 0.550. The van der Waals surface area contributed by atoms with Gasteiger partial charge in [0.15, 0.2) is 0 Å². The largest absolute Gasteiger partial charge is 0.343 e. The number of alkyl halides is 1. The van der Waals surface area contributed by atoms with Crippen molar-refractivity contribution in [3.8, 4) is 0 Å². The molecule has 1 atom stereocenters. The first-order valence-electron chi connectivity index (χ1n) is 9.30. The smallest absolute Gasteiger partial charge is 0.229 e. The van der Waals surface area contributed by atoms with Crippen molar-refractivity contribution in [2.45, 2.75) is 40.2 Å². The molecule has 0 spiro atoms. The number of amides is 1. The number of carbonyl (C=O) groups is 1. The van der Waals surface area contributed by atoms with Crippen LogP contribution in [0.1, 0.15) is 37.7 Å². The minimum absolute atomic E-state index is 0.123. The maximum Gasteiger partial charge on any atom is 0.229 e. The van der Waals surface area contributed by atoms with Gasteiger partial charge in [0.1, 0.15) is 5.82 Å². The lowest BCUT2D eigenvalue weighted by molar-refractivity contribution is -0.141. The molecule has 1 aromatic heterocycles. The Kier molecular flexibility index (Phi) is 6.06. The zero-order valence-electron chi connectivity index (χ0n) is 16.4. The summed E-state index contributed by atoms with van der Waals surface area (Å²) in [6.45, 7) is 10.2. The molecule has 27 heavy (non-hydrogen) atoms. The van der Waals surface area contributed by atoms with Crippen LogP contribution >= 0.6 is 23.1 Å². The summed E-state index contributed by atoms with van der Waals surface area (Å²) in [5.74, 6) is 1.31. The maximum absolute atomic E-state index is 12.7. The van der Waals surface area contributed by atoms with E-state index in [0.717, 1.165) is 30.5 Å². The molecule has 0 aliphatic carbocycles. The van der Waals surface area contributed by atoms with Crippen molar-refractivity contribution in [3.63, 3.8) is 0 Å². The molecule has 1 aromatic carbocycles. The molecular formula is C20H27ClN4OS. The van der Waals surface area contributed by atoms with Crippen molar-refractivity contribution < 1.29 is 4.79 Å². The summed E-state index contributed by atoms with van der Waals surface area (Å²) in [5, 5.41) is 0.938. The third-order valence-electron chi connectivity index (χ3n) is 5.01. The van der Waals surface area contributed by atoms with Crippen molar-refractivity contribution >= 4 is 34.2 Å².